The summed E-state index contributed by atoms with van der Waals surface area (Å²) in [5.41, 5.74) is 0. The first kappa shape index (κ1) is 22.1. The summed E-state index contributed by atoms with van der Waals surface area (Å²) in [7, 11) is 0. The Hall–Kier alpha value is -0.160. The molecule has 2 N–H and O–H groups in total. The molecule has 2 aliphatic heterocycles. The lowest BCUT2D eigenvalue weighted by Gasteiger charge is -2.24. The highest BCUT2D eigenvalue weighted by atomic mass is 16.6. The van der Waals surface area contributed by atoms with E-state index in [0.29, 0.717) is 12.0 Å². The van der Waals surface area contributed by atoms with Crippen molar-refractivity contribution in [1.29, 1.82) is 0 Å². The third-order valence-electron chi connectivity index (χ3n) is 6.35. The first-order valence-corrected chi connectivity index (χ1v) is 11.3. The standard InChI is InChI=1S/C22H42O4/c1-3-4-5-6-7-8-9-10-11-17(2)19-12-14-21(25-19)22-15-13-20(26-22)18(24)16-23/h17-24H,3-16H2,1-2H3/t17-,18-,19-,20-,21-,22-/m1/s1. The summed E-state index contributed by atoms with van der Waals surface area (Å²) in [6.45, 7) is 4.38. The van der Waals surface area contributed by atoms with Crippen molar-refractivity contribution in [3.05, 3.63) is 0 Å². The molecule has 0 unspecified atom stereocenters. The summed E-state index contributed by atoms with van der Waals surface area (Å²) in [4.78, 5) is 0. The lowest BCUT2D eigenvalue weighted by atomic mass is 9.94. The number of rotatable bonds is 13. The minimum absolute atomic E-state index is 0.0986. The van der Waals surface area contributed by atoms with Gasteiger partial charge in [0.15, 0.2) is 0 Å². The van der Waals surface area contributed by atoms with Gasteiger partial charge in [-0.2, -0.15) is 0 Å². The average Bonchev–Trinajstić information content (AvgIpc) is 3.32. The highest BCUT2D eigenvalue weighted by Gasteiger charge is 2.40. The molecule has 4 heteroatoms. The van der Waals surface area contributed by atoms with Crippen molar-refractivity contribution in [1.82, 2.24) is 0 Å². The number of ether oxygens (including phenoxy) is 2. The van der Waals surface area contributed by atoms with Crippen molar-refractivity contribution in [3.63, 3.8) is 0 Å². The van der Waals surface area contributed by atoms with Crippen molar-refractivity contribution in [3.8, 4) is 0 Å². The molecule has 0 radical (unpaired) electrons. The van der Waals surface area contributed by atoms with Crippen LogP contribution in [0.1, 0.15) is 97.3 Å². The van der Waals surface area contributed by atoms with E-state index in [1.807, 2.05) is 0 Å². The summed E-state index contributed by atoms with van der Waals surface area (Å²) in [5.74, 6) is 0.625. The highest BCUT2D eigenvalue weighted by Crippen LogP contribution is 2.35. The van der Waals surface area contributed by atoms with Gasteiger partial charge in [-0.05, 0) is 38.0 Å². The van der Waals surface area contributed by atoms with Gasteiger partial charge in [-0.25, -0.2) is 0 Å². The summed E-state index contributed by atoms with van der Waals surface area (Å²) < 4.78 is 12.3. The zero-order valence-electron chi connectivity index (χ0n) is 17.1. The minimum atomic E-state index is -0.752. The summed E-state index contributed by atoms with van der Waals surface area (Å²) >= 11 is 0. The number of aliphatic hydroxyl groups is 2. The molecule has 2 saturated heterocycles. The Morgan fingerprint density at radius 3 is 1.96 bits per heavy atom. The van der Waals surface area contributed by atoms with Gasteiger partial charge in [0.05, 0.1) is 31.0 Å². The molecule has 0 aromatic heterocycles. The van der Waals surface area contributed by atoms with Crippen molar-refractivity contribution in [2.24, 2.45) is 5.92 Å². The Morgan fingerprint density at radius 2 is 1.35 bits per heavy atom. The van der Waals surface area contributed by atoms with Crippen LogP contribution in [-0.4, -0.2) is 47.3 Å². The van der Waals surface area contributed by atoms with Crippen LogP contribution in [-0.2, 0) is 9.47 Å². The molecular formula is C22H42O4. The molecule has 2 rings (SSSR count). The van der Waals surface area contributed by atoms with E-state index in [0.717, 1.165) is 25.7 Å². The zero-order chi connectivity index (χ0) is 18.8. The lowest BCUT2D eigenvalue weighted by molar-refractivity contribution is -0.105. The number of aliphatic hydroxyl groups excluding tert-OH is 2. The zero-order valence-corrected chi connectivity index (χ0v) is 17.1. The molecular weight excluding hydrogens is 328 g/mol. The quantitative estimate of drug-likeness (QED) is 0.465. The van der Waals surface area contributed by atoms with Gasteiger partial charge < -0.3 is 19.7 Å². The van der Waals surface area contributed by atoms with E-state index in [1.165, 1.54) is 57.8 Å². The maximum atomic E-state index is 9.74. The second-order valence-corrected chi connectivity index (χ2v) is 8.57. The Morgan fingerprint density at radius 1 is 0.808 bits per heavy atom. The predicted octanol–water partition coefficient (Wildman–Crippen LogP) is 4.60. The van der Waals surface area contributed by atoms with E-state index in [1.54, 1.807) is 0 Å². The molecule has 26 heavy (non-hydrogen) atoms. The van der Waals surface area contributed by atoms with Gasteiger partial charge in [0.1, 0.15) is 6.10 Å². The molecule has 0 amide bonds. The van der Waals surface area contributed by atoms with Crippen LogP contribution in [0.15, 0.2) is 0 Å². The van der Waals surface area contributed by atoms with E-state index >= 15 is 0 Å². The van der Waals surface area contributed by atoms with Crippen LogP contribution in [0.25, 0.3) is 0 Å². The van der Waals surface area contributed by atoms with Crippen molar-refractivity contribution < 1.29 is 19.7 Å². The second-order valence-electron chi connectivity index (χ2n) is 8.57. The first-order valence-electron chi connectivity index (χ1n) is 11.3. The van der Waals surface area contributed by atoms with E-state index < -0.39 is 6.10 Å². The van der Waals surface area contributed by atoms with Gasteiger partial charge in [0.2, 0.25) is 0 Å². The largest absolute Gasteiger partial charge is 0.394 e. The van der Waals surface area contributed by atoms with Crippen LogP contribution in [0.5, 0.6) is 0 Å². The Kier molecular flexibility index (Phi) is 10.5. The van der Waals surface area contributed by atoms with E-state index in [4.69, 9.17) is 14.6 Å². The monoisotopic (exact) mass is 370 g/mol. The first-order chi connectivity index (χ1) is 12.7. The molecule has 6 atom stereocenters. The molecule has 0 spiro atoms. The number of hydrogen-bond acceptors (Lipinski definition) is 4. The molecule has 4 nitrogen and oxygen atoms in total. The van der Waals surface area contributed by atoms with Gasteiger partial charge in [0.25, 0.3) is 0 Å². The topological polar surface area (TPSA) is 58.9 Å². The third kappa shape index (κ3) is 7.10. The fraction of sp³-hybridized carbons (Fsp3) is 1.00. The van der Waals surface area contributed by atoms with Crippen LogP contribution < -0.4 is 0 Å². The Balaban J connectivity index is 1.55. The molecule has 0 saturated carbocycles. The van der Waals surface area contributed by atoms with Gasteiger partial charge in [-0.3, -0.25) is 0 Å². The average molecular weight is 371 g/mol. The normalized spacial score (nSPS) is 31.4. The molecule has 154 valence electrons. The van der Waals surface area contributed by atoms with Gasteiger partial charge >= 0.3 is 0 Å². The molecule has 2 aliphatic rings. The fourth-order valence-corrected chi connectivity index (χ4v) is 4.53. The number of hydrogen-bond donors (Lipinski definition) is 2. The minimum Gasteiger partial charge on any atom is -0.394 e. The summed E-state index contributed by atoms with van der Waals surface area (Å²) in [6.07, 6.45) is 15.9. The molecule has 0 aromatic rings. The van der Waals surface area contributed by atoms with Crippen LogP contribution >= 0.6 is 0 Å². The molecule has 0 aliphatic carbocycles. The Bertz CT molecular complexity index is 362. The van der Waals surface area contributed by atoms with Crippen LogP contribution in [0.3, 0.4) is 0 Å². The van der Waals surface area contributed by atoms with Crippen molar-refractivity contribution >= 4 is 0 Å². The van der Waals surface area contributed by atoms with E-state index in [2.05, 4.69) is 13.8 Å². The van der Waals surface area contributed by atoms with E-state index in [9.17, 15) is 5.11 Å². The Labute approximate surface area is 160 Å². The van der Waals surface area contributed by atoms with Gasteiger partial charge in [-0.15, -0.1) is 0 Å². The lowest BCUT2D eigenvalue weighted by Crippen LogP contribution is -2.33. The van der Waals surface area contributed by atoms with Gasteiger partial charge in [-0.1, -0.05) is 65.2 Å². The van der Waals surface area contributed by atoms with Gasteiger partial charge in [0, 0.05) is 0 Å². The van der Waals surface area contributed by atoms with E-state index in [-0.39, 0.29) is 24.9 Å². The number of unbranched alkanes of at least 4 members (excludes halogenated alkanes) is 7. The maximum Gasteiger partial charge on any atom is 0.103 e. The highest BCUT2D eigenvalue weighted by molar-refractivity contribution is 4.88. The van der Waals surface area contributed by atoms with Crippen LogP contribution in [0.2, 0.25) is 0 Å². The second kappa shape index (κ2) is 12.3. The maximum absolute atomic E-state index is 9.74. The summed E-state index contributed by atoms with van der Waals surface area (Å²) in [6, 6.07) is 0. The predicted molar refractivity (Wildman–Crippen MR) is 105 cm³/mol. The molecule has 2 fully saturated rings. The molecule has 0 aromatic carbocycles. The third-order valence-corrected chi connectivity index (χ3v) is 6.35. The van der Waals surface area contributed by atoms with Crippen molar-refractivity contribution in [2.45, 2.75) is 128 Å². The smallest absolute Gasteiger partial charge is 0.103 e. The molecule has 0 bridgehead atoms. The fourth-order valence-electron chi connectivity index (χ4n) is 4.53. The van der Waals surface area contributed by atoms with Crippen LogP contribution in [0, 0.1) is 5.92 Å². The SMILES string of the molecule is CCCCCCCCCC[C@@H](C)[C@H]1CC[C@H]([C@H]2CC[C@H]([C@H](O)CO)O2)O1. The molecule has 2 heterocycles. The van der Waals surface area contributed by atoms with Crippen molar-refractivity contribution in [2.75, 3.05) is 6.61 Å². The van der Waals surface area contributed by atoms with Crippen LogP contribution in [0.4, 0.5) is 0 Å². The summed E-state index contributed by atoms with van der Waals surface area (Å²) in [5, 5.41) is 18.8.